The van der Waals surface area contributed by atoms with Crippen LogP contribution in [-0.2, 0) is 9.53 Å². The van der Waals surface area contributed by atoms with Crippen LogP contribution < -0.4 is 0 Å². The lowest BCUT2D eigenvalue weighted by Gasteiger charge is -2.08. The maximum Gasteiger partial charge on any atom is 0.331 e. The van der Waals surface area contributed by atoms with Crippen molar-refractivity contribution in [2.24, 2.45) is 0 Å². The van der Waals surface area contributed by atoms with Gasteiger partial charge in [0.25, 0.3) is 0 Å². The van der Waals surface area contributed by atoms with Crippen LogP contribution in [0.2, 0.25) is 0 Å². The molecule has 0 bridgehead atoms. The molecule has 1 heterocycles. The number of carboxylic acid groups (broad SMARTS) is 1. The molecule has 0 aliphatic carbocycles. The highest BCUT2D eigenvalue weighted by Crippen LogP contribution is 2.19. The number of carboxylic acids is 1. The van der Waals surface area contributed by atoms with Crippen molar-refractivity contribution < 1.29 is 14.6 Å². The van der Waals surface area contributed by atoms with Gasteiger partial charge in [-0.2, -0.15) is 0 Å². The smallest absolute Gasteiger partial charge is 0.331 e. The number of allylic oxidation sites excluding steroid dienone is 1. The van der Waals surface area contributed by atoms with E-state index in [1.807, 2.05) is 0 Å². The Hall–Kier alpha value is -0.830. The first-order chi connectivity index (χ1) is 5.74. The second-order valence-corrected chi connectivity index (χ2v) is 2.96. The van der Waals surface area contributed by atoms with Gasteiger partial charge in [0.2, 0.25) is 0 Å². The van der Waals surface area contributed by atoms with Gasteiger partial charge in [-0.15, -0.1) is 0 Å². The molecule has 1 aliphatic heterocycles. The van der Waals surface area contributed by atoms with Crippen molar-refractivity contribution >= 4 is 5.97 Å². The highest BCUT2D eigenvalue weighted by Gasteiger charge is 2.19. The van der Waals surface area contributed by atoms with Crippen LogP contribution in [0.1, 0.15) is 26.2 Å². The lowest BCUT2D eigenvalue weighted by atomic mass is 10.1. The molecule has 0 aromatic heterocycles. The van der Waals surface area contributed by atoms with Crippen molar-refractivity contribution in [2.75, 3.05) is 6.61 Å². The van der Waals surface area contributed by atoms with E-state index < -0.39 is 5.97 Å². The highest BCUT2D eigenvalue weighted by molar-refractivity contribution is 5.86. The molecule has 3 heteroatoms. The van der Waals surface area contributed by atoms with Crippen molar-refractivity contribution in [2.45, 2.75) is 32.3 Å². The van der Waals surface area contributed by atoms with Gasteiger partial charge in [0.15, 0.2) is 0 Å². The number of carbonyl (C=O) groups is 1. The van der Waals surface area contributed by atoms with E-state index in [-0.39, 0.29) is 6.10 Å². The Kier molecular flexibility index (Phi) is 3.29. The average molecular weight is 170 g/mol. The molecular weight excluding hydrogens is 156 g/mol. The fourth-order valence-corrected chi connectivity index (χ4v) is 1.38. The SMILES string of the molecule is C/C=C(/CC1CCCO1)C(=O)O. The van der Waals surface area contributed by atoms with E-state index in [0.717, 1.165) is 19.4 Å². The predicted octanol–water partition coefficient (Wildman–Crippen LogP) is 1.59. The Labute approximate surface area is 72.0 Å². The first-order valence-electron chi connectivity index (χ1n) is 4.24. The molecule has 0 aromatic rings. The summed E-state index contributed by atoms with van der Waals surface area (Å²) >= 11 is 0. The van der Waals surface area contributed by atoms with E-state index in [4.69, 9.17) is 9.84 Å². The topological polar surface area (TPSA) is 46.5 Å². The summed E-state index contributed by atoms with van der Waals surface area (Å²) in [5, 5.41) is 8.71. The molecule has 1 unspecified atom stereocenters. The fraction of sp³-hybridized carbons (Fsp3) is 0.667. The van der Waals surface area contributed by atoms with E-state index in [1.165, 1.54) is 0 Å². The molecule has 1 aliphatic rings. The standard InChI is InChI=1S/C9H14O3/c1-2-7(9(10)11)6-8-4-3-5-12-8/h2,8H,3-6H2,1H3,(H,10,11)/b7-2-. The second kappa shape index (κ2) is 4.26. The zero-order valence-electron chi connectivity index (χ0n) is 7.25. The number of hydrogen-bond acceptors (Lipinski definition) is 2. The largest absolute Gasteiger partial charge is 0.478 e. The molecular formula is C9H14O3. The Bertz CT molecular complexity index is 190. The number of hydrogen-bond donors (Lipinski definition) is 1. The molecule has 0 amide bonds. The first kappa shape index (κ1) is 9.26. The third-order valence-corrected chi connectivity index (χ3v) is 2.09. The Morgan fingerprint density at radius 3 is 2.92 bits per heavy atom. The molecule has 0 radical (unpaired) electrons. The summed E-state index contributed by atoms with van der Waals surface area (Å²) in [7, 11) is 0. The normalized spacial score (nSPS) is 24.4. The van der Waals surface area contributed by atoms with Gasteiger partial charge >= 0.3 is 5.97 Å². The number of rotatable bonds is 3. The van der Waals surface area contributed by atoms with Crippen LogP contribution in [0.3, 0.4) is 0 Å². The Morgan fingerprint density at radius 1 is 1.75 bits per heavy atom. The van der Waals surface area contributed by atoms with E-state index >= 15 is 0 Å². The molecule has 1 N–H and O–H groups in total. The zero-order chi connectivity index (χ0) is 8.97. The van der Waals surface area contributed by atoms with Crippen molar-refractivity contribution in [1.29, 1.82) is 0 Å². The van der Waals surface area contributed by atoms with Gasteiger partial charge in [-0.1, -0.05) is 6.08 Å². The molecule has 12 heavy (non-hydrogen) atoms. The van der Waals surface area contributed by atoms with Crippen LogP contribution in [0.4, 0.5) is 0 Å². The maximum atomic E-state index is 10.6. The monoisotopic (exact) mass is 170 g/mol. The predicted molar refractivity (Wildman–Crippen MR) is 45.0 cm³/mol. The second-order valence-electron chi connectivity index (χ2n) is 2.96. The molecule has 0 aromatic carbocycles. The van der Waals surface area contributed by atoms with E-state index in [1.54, 1.807) is 13.0 Å². The summed E-state index contributed by atoms with van der Waals surface area (Å²) in [4.78, 5) is 10.6. The molecule has 1 atom stereocenters. The summed E-state index contributed by atoms with van der Waals surface area (Å²) < 4.78 is 5.33. The Balaban J connectivity index is 2.42. The third-order valence-electron chi connectivity index (χ3n) is 2.09. The van der Waals surface area contributed by atoms with Gasteiger partial charge in [0.05, 0.1) is 6.10 Å². The minimum Gasteiger partial charge on any atom is -0.478 e. The molecule has 1 rings (SSSR count). The van der Waals surface area contributed by atoms with Crippen LogP contribution in [0.15, 0.2) is 11.6 Å². The fourth-order valence-electron chi connectivity index (χ4n) is 1.38. The van der Waals surface area contributed by atoms with Crippen LogP contribution in [0.5, 0.6) is 0 Å². The van der Waals surface area contributed by atoms with Crippen LogP contribution >= 0.6 is 0 Å². The van der Waals surface area contributed by atoms with Gasteiger partial charge in [-0.05, 0) is 19.8 Å². The molecule has 1 saturated heterocycles. The highest BCUT2D eigenvalue weighted by atomic mass is 16.5. The van der Waals surface area contributed by atoms with E-state index in [0.29, 0.717) is 12.0 Å². The minimum atomic E-state index is -0.826. The van der Waals surface area contributed by atoms with Gasteiger partial charge in [0, 0.05) is 18.6 Å². The number of aliphatic carboxylic acids is 1. The summed E-state index contributed by atoms with van der Waals surface area (Å²) in [6.45, 7) is 2.53. The van der Waals surface area contributed by atoms with Gasteiger partial charge in [0.1, 0.15) is 0 Å². The summed E-state index contributed by atoms with van der Waals surface area (Å²) in [6, 6.07) is 0. The Morgan fingerprint density at radius 2 is 2.50 bits per heavy atom. The van der Waals surface area contributed by atoms with E-state index in [2.05, 4.69) is 0 Å². The van der Waals surface area contributed by atoms with Crippen LogP contribution in [-0.4, -0.2) is 23.8 Å². The maximum absolute atomic E-state index is 10.6. The summed E-state index contributed by atoms with van der Waals surface area (Å²) in [6.07, 6.45) is 4.37. The lowest BCUT2D eigenvalue weighted by molar-refractivity contribution is -0.133. The van der Waals surface area contributed by atoms with Crippen LogP contribution in [0.25, 0.3) is 0 Å². The molecule has 0 saturated carbocycles. The molecule has 1 fully saturated rings. The van der Waals surface area contributed by atoms with Gasteiger partial charge < -0.3 is 9.84 Å². The van der Waals surface area contributed by atoms with Gasteiger partial charge in [-0.3, -0.25) is 0 Å². The molecule has 3 nitrogen and oxygen atoms in total. The molecule has 68 valence electrons. The van der Waals surface area contributed by atoms with Crippen molar-refractivity contribution in [3.63, 3.8) is 0 Å². The lowest BCUT2D eigenvalue weighted by Crippen LogP contribution is -2.11. The van der Waals surface area contributed by atoms with Crippen molar-refractivity contribution in [3.05, 3.63) is 11.6 Å². The quantitative estimate of drug-likeness (QED) is 0.654. The minimum absolute atomic E-state index is 0.132. The molecule has 0 spiro atoms. The van der Waals surface area contributed by atoms with Crippen LogP contribution in [0, 0.1) is 0 Å². The summed E-state index contributed by atoms with van der Waals surface area (Å²) in [5.41, 5.74) is 0.460. The van der Waals surface area contributed by atoms with Gasteiger partial charge in [-0.25, -0.2) is 4.79 Å². The van der Waals surface area contributed by atoms with Crippen molar-refractivity contribution in [1.82, 2.24) is 0 Å². The zero-order valence-corrected chi connectivity index (χ0v) is 7.25. The third kappa shape index (κ3) is 2.34. The van der Waals surface area contributed by atoms with E-state index in [9.17, 15) is 4.79 Å². The van der Waals surface area contributed by atoms with Crippen molar-refractivity contribution in [3.8, 4) is 0 Å². The average Bonchev–Trinajstić information content (AvgIpc) is 2.51. The first-order valence-corrected chi connectivity index (χ1v) is 4.24. The summed E-state index contributed by atoms with van der Waals surface area (Å²) in [5.74, 6) is -0.826. The number of ether oxygens (including phenoxy) is 1.